The molecule has 0 bridgehead atoms. The van der Waals surface area contributed by atoms with E-state index in [4.69, 9.17) is 15.4 Å². The largest absolute Gasteiger partial charge is 0.494 e. The van der Waals surface area contributed by atoms with E-state index in [1.165, 1.54) is 17.1 Å². The first-order valence-corrected chi connectivity index (χ1v) is 7.54. The molecule has 1 aromatic carbocycles. The molecule has 0 aliphatic rings. The summed E-state index contributed by atoms with van der Waals surface area (Å²) in [4.78, 5) is -0.0296. The molecule has 0 amide bonds. The van der Waals surface area contributed by atoms with Crippen LogP contribution in [-0.2, 0) is 9.05 Å². The van der Waals surface area contributed by atoms with Crippen molar-refractivity contribution in [2.24, 2.45) is 0 Å². The molecule has 1 aromatic heterocycles. The zero-order valence-corrected chi connectivity index (χ0v) is 11.1. The van der Waals surface area contributed by atoms with Gasteiger partial charge >= 0.3 is 0 Å². The standard InChI is InChI=1S/C11H11ClN2O3S/c1-2-17-10-5-3-9(4-6-10)14-8-11(7-13-14)18(12,15)16/h3-8H,2H2,1H3. The molecule has 1 heterocycles. The summed E-state index contributed by atoms with van der Waals surface area (Å²) in [6, 6.07) is 7.13. The Balaban J connectivity index is 2.29. The summed E-state index contributed by atoms with van der Waals surface area (Å²) in [7, 11) is 1.48. The van der Waals surface area contributed by atoms with Gasteiger partial charge in [0.2, 0.25) is 0 Å². The van der Waals surface area contributed by atoms with E-state index in [1.54, 1.807) is 24.3 Å². The first-order valence-electron chi connectivity index (χ1n) is 5.23. The van der Waals surface area contributed by atoms with Crippen molar-refractivity contribution in [2.75, 3.05) is 6.61 Å². The second kappa shape index (κ2) is 4.99. The molecular weight excluding hydrogens is 276 g/mol. The summed E-state index contributed by atoms with van der Waals surface area (Å²) in [5.74, 6) is 0.749. The van der Waals surface area contributed by atoms with Gasteiger partial charge in [-0.2, -0.15) is 5.10 Å². The lowest BCUT2D eigenvalue weighted by molar-refractivity contribution is 0.340. The first kappa shape index (κ1) is 12.9. The van der Waals surface area contributed by atoms with Crippen LogP contribution in [0.3, 0.4) is 0 Å². The Morgan fingerprint density at radius 1 is 1.33 bits per heavy atom. The second-order valence-corrected chi connectivity index (χ2v) is 6.05. The lowest BCUT2D eigenvalue weighted by Crippen LogP contribution is -1.95. The van der Waals surface area contributed by atoms with Crippen LogP contribution in [0, 0.1) is 0 Å². The average Bonchev–Trinajstić information content (AvgIpc) is 2.79. The maximum Gasteiger partial charge on any atom is 0.264 e. The van der Waals surface area contributed by atoms with Gasteiger partial charge in [0.1, 0.15) is 10.6 Å². The van der Waals surface area contributed by atoms with Gasteiger partial charge in [0, 0.05) is 10.7 Å². The number of hydrogen-bond donors (Lipinski definition) is 0. The fraction of sp³-hybridized carbons (Fsp3) is 0.182. The van der Waals surface area contributed by atoms with E-state index in [9.17, 15) is 8.42 Å². The number of benzene rings is 1. The summed E-state index contributed by atoms with van der Waals surface area (Å²) < 4.78 is 29.0. The van der Waals surface area contributed by atoms with Crippen LogP contribution in [0.25, 0.3) is 5.69 Å². The van der Waals surface area contributed by atoms with Gasteiger partial charge in [0.05, 0.1) is 24.7 Å². The number of ether oxygens (including phenoxy) is 1. The van der Waals surface area contributed by atoms with Crippen molar-refractivity contribution in [1.82, 2.24) is 9.78 Å². The zero-order valence-electron chi connectivity index (χ0n) is 9.58. The molecule has 0 aliphatic heterocycles. The van der Waals surface area contributed by atoms with E-state index in [0.717, 1.165) is 11.4 Å². The van der Waals surface area contributed by atoms with E-state index in [1.807, 2.05) is 6.92 Å². The Labute approximate surface area is 109 Å². The maximum absolute atomic E-state index is 11.1. The monoisotopic (exact) mass is 286 g/mol. The molecule has 2 rings (SSSR count). The lowest BCUT2D eigenvalue weighted by Gasteiger charge is -2.04. The molecular formula is C11H11ClN2O3S. The van der Waals surface area contributed by atoms with Crippen LogP contribution in [0.2, 0.25) is 0 Å². The minimum Gasteiger partial charge on any atom is -0.494 e. The van der Waals surface area contributed by atoms with Gasteiger partial charge < -0.3 is 4.74 Å². The highest BCUT2D eigenvalue weighted by Crippen LogP contribution is 2.18. The van der Waals surface area contributed by atoms with Crippen LogP contribution in [-0.4, -0.2) is 24.8 Å². The van der Waals surface area contributed by atoms with Crippen molar-refractivity contribution in [1.29, 1.82) is 0 Å². The van der Waals surface area contributed by atoms with Crippen LogP contribution in [0.5, 0.6) is 5.75 Å². The number of rotatable bonds is 4. The van der Waals surface area contributed by atoms with Crippen LogP contribution in [0.4, 0.5) is 0 Å². The molecule has 0 fully saturated rings. The van der Waals surface area contributed by atoms with Gasteiger partial charge in [-0.05, 0) is 31.2 Å². The van der Waals surface area contributed by atoms with E-state index in [0.29, 0.717) is 6.61 Å². The van der Waals surface area contributed by atoms with Gasteiger partial charge in [-0.3, -0.25) is 0 Å². The third kappa shape index (κ3) is 2.83. The van der Waals surface area contributed by atoms with Crippen molar-refractivity contribution >= 4 is 19.7 Å². The number of nitrogens with zero attached hydrogens (tertiary/aromatic N) is 2. The summed E-state index contributed by atoms with van der Waals surface area (Å²) in [5.41, 5.74) is 0.727. The van der Waals surface area contributed by atoms with Crippen LogP contribution < -0.4 is 4.74 Å². The van der Waals surface area contributed by atoms with Crippen molar-refractivity contribution in [2.45, 2.75) is 11.8 Å². The minimum atomic E-state index is -3.74. The van der Waals surface area contributed by atoms with Gasteiger partial charge in [0.15, 0.2) is 0 Å². The summed E-state index contributed by atoms with van der Waals surface area (Å²) in [6.07, 6.45) is 2.57. The van der Waals surface area contributed by atoms with E-state index in [2.05, 4.69) is 5.10 Å². The fourth-order valence-corrected chi connectivity index (χ4v) is 2.07. The fourth-order valence-electron chi connectivity index (χ4n) is 1.44. The quantitative estimate of drug-likeness (QED) is 0.809. The molecule has 0 spiro atoms. The average molecular weight is 287 g/mol. The molecule has 2 aromatic rings. The molecule has 7 heteroatoms. The molecule has 0 aliphatic carbocycles. The highest BCUT2D eigenvalue weighted by atomic mass is 35.7. The van der Waals surface area contributed by atoms with Crippen LogP contribution in [0.15, 0.2) is 41.6 Å². The van der Waals surface area contributed by atoms with Gasteiger partial charge in [-0.25, -0.2) is 13.1 Å². The number of hydrogen-bond acceptors (Lipinski definition) is 4. The van der Waals surface area contributed by atoms with Crippen LogP contribution in [0.1, 0.15) is 6.92 Å². The normalized spacial score (nSPS) is 11.4. The summed E-state index contributed by atoms with van der Waals surface area (Å²) in [6.45, 7) is 2.49. The third-order valence-corrected chi connectivity index (χ3v) is 3.56. The Morgan fingerprint density at radius 3 is 2.50 bits per heavy atom. The Hall–Kier alpha value is -1.53. The molecule has 0 saturated heterocycles. The first-order chi connectivity index (χ1) is 8.50. The van der Waals surface area contributed by atoms with Crippen molar-refractivity contribution in [3.05, 3.63) is 36.7 Å². The minimum absolute atomic E-state index is 0.0296. The molecule has 0 atom stereocenters. The second-order valence-electron chi connectivity index (χ2n) is 3.49. The Morgan fingerprint density at radius 2 is 2.00 bits per heavy atom. The summed E-state index contributed by atoms with van der Waals surface area (Å²) in [5, 5.41) is 3.94. The van der Waals surface area contributed by atoms with Crippen molar-refractivity contribution in [3.63, 3.8) is 0 Å². The topological polar surface area (TPSA) is 61.2 Å². The molecule has 0 radical (unpaired) electrons. The molecule has 0 N–H and O–H groups in total. The van der Waals surface area contributed by atoms with E-state index < -0.39 is 9.05 Å². The Kier molecular flexibility index (Phi) is 3.58. The van der Waals surface area contributed by atoms with E-state index >= 15 is 0 Å². The van der Waals surface area contributed by atoms with Gasteiger partial charge in [-0.15, -0.1) is 0 Å². The zero-order chi connectivity index (χ0) is 13.2. The maximum atomic E-state index is 11.1. The van der Waals surface area contributed by atoms with Crippen LogP contribution >= 0.6 is 10.7 Å². The SMILES string of the molecule is CCOc1ccc(-n2cc(S(=O)(=O)Cl)cn2)cc1. The molecule has 0 saturated carbocycles. The highest BCUT2D eigenvalue weighted by molar-refractivity contribution is 8.13. The number of halogens is 1. The van der Waals surface area contributed by atoms with Crippen molar-refractivity contribution in [3.8, 4) is 11.4 Å². The van der Waals surface area contributed by atoms with Gasteiger partial charge in [0.25, 0.3) is 9.05 Å². The van der Waals surface area contributed by atoms with Crippen molar-refractivity contribution < 1.29 is 13.2 Å². The molecule has 5 nitrogen and oxygen atoms in total. The van der Waals surface area contributed by atoms with E-state index in [-0.39, 0.29) is 4.90 Å². The predicted molar refractivity (Wildman–Crippen MR) is 67.8 cm³/mol. The highest BCUT2D eigenvalue weighted by Gasteiger charge is 2.13. The molecule has 18 heavy (non-hydrogen) atoms. The van der Waals surface area contributed by atoms with Gasteiger partial charge in [-0.1, -0.05) is 0 Å². The predicted octanol–water partition coefficient (Wildman–Crippen LogP) is 2.20. The number of aromatic nitrogens is 2. The molecule has 96 valence electrons. The Bertz CT molecular complexity index is 635. The summed E-state index contributed by atoms with van der Waals surface area (Å²) >= 11 is 0. The molecule has 0 unspecified atom stereocenters. The third-order valence-electron chi connectivity index (χ3n) is 2.25. The smallest absolute Gasteiger partial charge is 0.264 e. The lowest BCUT2D eigenvalue weighted by atomic mass is 10.3.